The summed E-state index contributed by atoms with van der Waals surface area (Å²) in [7, 11) is 1.85. The van der Waals surface area contributed by atoms with Gasteiger partial charge < -0.3 is 5.73 Å². The van der Waals surface area contributed by atoms with Gasteiger partial charge in [0.05, 0.1) is 0 Å². The Morgan fingerprint density at radius 2 is 2.00 bits per heavy atom. The number of aromatic nitrogens is 3. The van der Waals surface area contributed by atoms with Crippen LogP contribution < -0.4 is 5.73 Å². The van der Waals surface area contributed by atoms with Gasteiger partial charge in [-0.15, -0.1) is 10.2 Å². The lowest BCUT2D eigenvalue weighted by atomic mass is 10.2. The first kappa shape index (κ1) is 11.3. The van der Waals surface area contributed by atoms with Crippen LogP contribution in [0.3, 0.4) is 0 Å². The molecular weight excluding hydrogens is 244 g/mol. The minimum Gasteiger partial charge on any atom is -0.368 e. The van der Waals surface area contributed by atoms with Crippen LogP contribution in [0.15, 0.2) is 29.4 Å². The first-order chi connectivity index (χ1) is 7.66. The van der Waals surface area contributed by atoms with Crippen LogP contribution in [0.1, 0.15) is 5.56 Å². The van der Waals surface area contributed by atoms with Crippen molar-refractivity contribution >= 4 is 29.3 Å². The lowest BCUT2D eigenvalue weighted by molar-refractivity contribution is 0.796. The molecule has 0 fully saturated rings. The van der Waals surface area contributed by atoms with Crippen LogP contribution in [0.25, 0.3) is 0 Å². The van der Waals surface area contributed by atoms with Gasteiger partial charge in [-0.1, -0.05) is 35.5 Å². The Hall–Kier alpha value is -1.20. The van der Waals surface area contributed by atoms with E-state index in [1.165, 1.54) is 5.56 Å². The average molecular weight is 255 g/mol. The lowest BCUT2D eigenvalue weighted by Crippen LogP contribution is -1.98. The van der Waals surface area contributed by atoms with E-state index in [1.54, 1.807) is 16.3 Å². The van der Waals surface area contributed by atoms with Crippen LogP contribution in [0, 0.1) is 0 Å². The zero-order valence-corrected chi connectivity index (χ0v) is 10.3. The number of nitrogens with zero attached hydrogens (tertiary/aromatic N) is 3. The van der Waals surface area contributed by atoms with Crippen molar-refractivity contribution < 1.29 is 0 Å². The number of benzene rings is 1. The maximum absolute atomic E-state index is 5.81. The van der Waals surface area contributed by atoms with Crippen molar-refractivity contribution in [1.82, 2.24) is 14.8 Å². The number of nitrogen functional groups attached to an aromatic ring is 1. The third kappa shape index (κ3) is 2.48. The maximum atomic E-state index is 5.81. The molecule has 2 N–H and O–H groups in total. The second kappa shape index (κ2) is 4.76. The molecular formula is C10H11ClN4S. The summed E-state index contributed by atoms with van der Waals surface area (Å²) in [6.45, 7) is 0. The van der Waals surface area contributed by atoms with Crippen molar-refractivity contribution in [2.75, 3.05) is 5.73 Å². The van der Waals surface area contributed by atoms with Crippen LogP contribution in [0.4, 0.5) is 5.95 Å². The normalized spacial score (nSPS) is 10.6. The SMILES string of the molecule is Cn1c(N)nnc1SCc1ccc(Cl)cc1. The van der Waals surface area contributed by atoms with Gasteiger partial charge in [-0.3, -0.25) is 4.57 Å². The van der Waals surface area contributed by atoms with E-state index in [2.05, 4.69) is 10.2 Å². The molecule has 6 heteroatoms. The summed E-state index contributed by atoms with van der Waals surface area (Å²) in [6, 6.07) is 7.75. The molecule has 2 rings (SSSR count). The molecule has 1 aromatic carbocycles. The predicted molar refractivity (Wildman–Crippen MR) is 66.4 cm³/mol. The molecule has 0 bridgehead atoms. The maximum Gasteiger partial charge on any atom is 0.222 e. The van der Waals surface area contributed by atoms with Crippen LogP contribution >= 0.6 is 23.4 Å². The second-order valence-electron chi connectivity index (χ2n) is 3.31. The zero-order valence-electron chi connectivity index (χ0n) is 8.72. The van der Waals surface area contributed by atoms with Gasteiger partial charge >= 0.3 is 0 Å². The van der Waals surface area contributed by atoms with Crippen LogP contribution in [-0.2, 0) is 12.8 Å². The number of nitrogens with two attached hydrogens (primary N) is 1. The van der Waals surface area contributed by atoms with Gasteiger partial charge in [-0.25, -0.2) is 0 Å². The van der Waals surface area contributed by atoms with Gasteiger partial charge in [0, 0.05) is 17.8 Å². The quantitative estimate of drug-likeness (QED) is 0.855. The van der Waals surface area contributed by atoms with E-state index in [-0.39, 0.29) is 0 Å². The van der Waals surface area contributed by atoms with Crippen LogP contribution in [-0.4, -0.2) is 14.8 Å². The second-order valence-corrected chi connectivity index (χ2v) is 4.69. The molecule has 16 heavy (non-hydrogen) atoms. The predicted octanol–water partition coefficient (Wildman–Crippen LogP) is 2.34. The largest absolute Gasteiger partial charge is 0.368 e. The minimum atomic E-state index is 0.429. The van der Waals surface area contributed by atoms with Crippen molar-refractivity contribution in [3.8, 4) is 0 Å². The zero-order chi connectivity index (χ0) is 11.5. The first-order valence-electron chi connectivity index (χ1n) is 4.69. The molecule has 0 aliphatic rings. The van der Waals surface area contributed by atoms with Crippen LogP contribution in [0.5, 0.6) is 0 Å². The van der Waals surface area contributed by atoms with Crippen molar-refractivity contribution in [2.45, 2.75) is 10.9 Å². The van der Waals surface area contributed by atoms with E-state index in [0.717, 1.165) is 15.9 Å². The highest BCUT2D eigenvalue weighted by Crippen LogP contribution is 2.22. The number of thioether (sulfide) groups is 1. The smallest absolute Gasteiger partial charge is 0.222 e. The van der Waals surface area contributed by atoms with E-state index in [4.69, 9.17) is 17.3 Å². The number of halogens is 1. The van der Waals surface area contributed by atoms with Gasteiger partial charge in [0.15, 0.2) is 5.16 Å². The van der Waals surface area contributed by atoms with Crippen molar-refractivity contribution in [3.05, 3.63) is 34.9 Å². The van der Waals surface area contributed by atoms with E-state index in [0.29, 0.717) is 5.95 Å². The molecule has 0 unspecified atom stereocenters. The van der Waals surface area contributed by atoms with Gasteiger partial charge in [-0.05, 0) is 17.7 Å². The Kier molecular flexibility index (Phi) is 3.36. The van der Waals surface area contributed by atoms with Gasteiger partial charge in [-0.2, -0.15) is 0 Å². The number of anilines is 1. The van der Waals surface area contributed by atoms with E-state index < -0.39 is 0 Å². The van der Waals surface area contributed by atoms with E-state index in [9.17, 15) is 0 Å². The monoisotopic (exact) mass is 254 g/mol. The van der Waals surface area contributed by atoms with Crippen molar-refractivity contribution in [2.24, 2.45) is 7.05 Å². The minimum absolute atomic E-state index is 0.429. The molecule has 84 valence electrons. The highest BCUT2D eigenvalue weighted by atomic mass is 35.5. The highest BCUT2D eigenvalue weighted by molar-refractivity contribution is 7.98. The third-order valence-electron chi connectivity index (χ3n) is 2.15. The summed E-state index contributed by atoms with van der Waals surface area (Å²) in [5.41, 5.74) is 6.78. The molecule has 0 spiro atoms. The molecule has 0 atom stereocenters. The molecule has 4 nitrogen and oxygen atoms in total. The van der Waals surface area contributed by atoms with Gasteiger partial charge in [0.25, 0.3) is 0 Å². The standard InChI is InChI=1S/C10H11ClN4S/c1-15-9(12)13-14-10(15)16-6-7-2-4-8(11)5-3-7/h2-5H,6H2,1H3,(H2,12,13). The lowest BCUT2D eigenvalue weighted by Gasteiger charge is -2.01. The molecule has 2 aromatic rings. The number of rotatable bonds is 3. The molecule has 0 aliphatic heterocycles. The molecule has 0 amide bonds. The summed E-state index contributed by atoms with van der Waals surface area (Å²) in [6.07, 6.45) is 0. The fourth-order valence-electron chi connectivity index (χ4n) is 1.18. The molecule has 0 aliphatic carbocycles. The first-order valence-corrected chi connectivity index (χ1v) is 6.05. The van der Waals surface area contributed by atoms with E-state index in [1.807, 2.05) is 31.3 Å². The Balaban J connectivity index is 2.02. The summed E-state index contributed by atoms with van der Waals surface area (Å²) >= 11 is 7.40. The molecule has 1 heterocycles. The van der Waals surface area contributed by atoms with E-state index >= 15 is 0 Å². The molecule has 0 saturated heterocycles. The Bertz CT molecular complexity index is 480. The fourth-order valence-corrected chi connectivity index (χ4v) is 2.18. The van der Waals surface area contributed by atoms with Gasteiger partial charge in [0.1, 0.15) is 0 Å². The van der Waals surface area contributed by atoms with Crippen molar-refractivity contribution in [1.29, 1.82) is 0 Å². The van der Waals surface area contributed by atoms with Crippen molar-refractivity contribution in [3.63, 3.8) is 0 Å². The third-order valence-corrected chi connectivity index (χ3v) is 3.49. The summed E-state index contributed by atoms with van der Waals surface area (Å²) in [5, 5.41) is 9.32. The summed E-state index contributed by atoms with van der Waals surface area (Å²) < 4.78 is 1.76. The molecule has 0 radical (unpaired) electrons. The van der Waals surface area contributed by atoms with Gasteiger partial charge in [0.2, 0.25) is 5.95 Å². The topological polar surface area (TPSA) is 56.7 Å². The Labute approximate surface area is 103 Å². The van der Waals surface area contributed by atoms with Crippen LogP contribution in [0.2, 0.25) is 5.02 Å². The highest BCUT2D eigenvalue weighted by Gasteiger charge is 2.05. The Morgan fingerprint density at radius 1 is 1.31 bits per heavy atom. The average Bonchev–Trinajstić information content (AvgIpc) is 2.60. The number of hydrogen-bond acceptors (Lipinski definition) is 4. The summed E-state index contributed by atoms with van der Waals surface area (Å²) in [5.74, 6) is 1.25. The fraction of sp³-hybridized carbons (Fsp3) is 0.200. The number of hydrogen-bond donors (Lipinski definition) is 1. The summed E-state index contributed by atoms with van der Waals surface area (Å²) in [4.78, 5) is 0. The molecule has 0 saturated carbocycles. The molecule has 1 aromatic heterocycles. The Morgan fingerprint density at radius 3 is 2.56 bits per heavy atom.